The first-order valence-electron chi connectivity index (χ1n) is 13.9. The Morgan fingerprint density at radius 2 is 1.77 bits per heavy atom. The molecule has 2 amide bonds. The summed E-state index contributed by atoms with van der Waals surface area (Å²) in [5.41, 5.74) is 9.93. The molecule has 0 saturated carbocycles. The number of amidine groups is 1. The minimum atomic E-state index is -0.309. The van der Waals surface area contributed by atoms with Crippen LogP contribution in [0.15, 0.2) is 47.2 Å². The monoisotopic (exact) mass is 531 g/mol. The molecule has 1 aromatic carbocycles. The van der Waals surface area contributed by atoms with Gasteiger partial charge < -0.3 is 16.0 Å². The Morgan fingerprint density at radius 3 is 2.44 bits per heavy atom. The molecular weight excluding hydrogens is 490 g/mol. The average molecular weight is 532 g/mol. The number of aliphatic imine (C=N–C) groups is 1. The van der Waals surface area contributed by atoms with Crippen LogP contribution >= 0.6 is 0 Å². The van der Waals surface area contributed by atoms with E-state index in [1.807, 2.05) is 37.8 Å². The maximum absolute atomic E-state index is 13.2. The number of hydrogen-bond donors (Lipinski definition) is 2. The number of aryl methyl sites for hydroxylation is 1. The Hall–Kier alpha value is -3.81. The summed E-state index contributed by atoms with van der Waals surface area (Å²) in [6.07, 6.45) is 8.16. The molecule has 0 fully saturated rings. The minimum absolute atomic E-state index is 0.0152. The van der Waals surface area contributed by atoms with Crippen LogP contribution in [0.25, 0.3) is 6.08 Å². The molecule has 8 heteroatoms. The second-order valence-electron chi connectivity index (χ2n) is 10.6. The van der Waals surface area contributed by atoms with Gasteiger partial charge in [0.2, 0.25) is 5.91 Å². The topological polar surface area (TPSA) is 118 Å². The van der Waals surface area contributed by atoms with Gasteiger partial charge in [-0.05, 0) is 55.0 Å². The molecule has 1 aromatic heterocycles. The highest BCUT2D eigenvalue weighted by atomic mass is 16.2. The molecule has 0 aliphatic carbocycles. The van der Waals surface area contributed by atoms with Crippen LogP contribution in [-0.2, 0) is 16.0 Å². The lowest BCUT2D eigenvalue weighted by Gasteiger charge is -2.22. The number of nitrogens with two attached hydrogens (primary N) is 1. The smallest absolute Gasteiger partial charge is 0.255 e. The normalized spacial score (nSPS) is 13.6. The Balaban J connectivity index is 1.75. The van der Waals surface area contributed by atoms with E-state index in [0.717, 1.165) is 24.0 Å². The molecule has 0 saturated heterocycles. The molecule has 2 aromatic rings. The van der Waals surface area contributed by atoms with Crippen molar-refractivity contribution < 1.29 is 14.4 Å². The molecule has 3 N–H and O–H groups in total. The first-order valence-corrected chi connectivity index (χ1v) is 13.9. The number of fused-ring (bicyclic) bond motifs is 1. The zero-order chi connectivity index (χ0) is 28.5. The highest BCUT2D eigenvalue weighted by molar-refractivity contribution is 6.07. The number of carbonyl (C=O) groups excluding carboxylic acids is 3. The molecule has 39 heavy (non-hydrogen) atoms. The van der Waals surface area contributed by atoms with Crippen molar-refractivity contribution in [2.45, 2.75) is 66.7 Å². The van der Waals surface area contributed by atoms with Crippen molar-refractivity contribution in [3.63, 3.8) is 0 Å². The first kappa shape index (κ1) is 29.7. The Labute approximate surface area is 231 Å². The van der Waals surface area contributed by atoms with Crippen LogP contribution in [0.3, 0.4) is 0 Å². The summed E-state index contributed by atoms with van der Waals surface area (Å²) in [7, 11) is 0. The van der Waals surface area contributed by atoms with Crippen LogP contribution in [0.5, 0.6) is 0 Å². The van der Waals surface area contributed by atoms with Gasteiger partial charge in [0.15, 0.2) is 0 Å². The third kappa shape index (κ3) is 8.09. The maximum Gasteiger partial charge on any atom is 0.255 e. The Bertz CT molecular complexity index is 1260. The predicted octanol–water partition coefficient (Wildman–Crippen LogP) is 5.55. The van der Waals surface area contributed by atoms with Crippen molar-refractivity contribution in [2.24, 2.45) is 22.6 Å². The summed E-state index contributed by atoms with van der Waals surface area (Å²) in [6.45, 7) is 11.5. The number of benzene rings is 1. The summed E-state index contributed by atoms with van der Waals surface area (Å²) < 4.78 is 0. The van der Waals surface area contributed by atoms with Crippen molar-refractivity contribution in [1.29, 1.82) is 0 Å². The van der Waals surface area contributed by atoms with E-state index >= 15 is 0 Å². The van der Waals surface area contributed by atoms with Gasteiger partial charge in [-0.2, -0.15) is 0 Å². The molecule has 0 spiro atoms. The quantitative estimate of drug-likeness (QED) is 0.372. The van der Waals surface area contributed by atoms with Crippen LogP contribution < -0.4 is 11.1 Å². The number of rotatable bonds is 12. The molecule has 0 bridgehead atoms. The third-order valence-electron chi connectivity index (χ3n) is 7.03. The van der Waals surface area contributed by atoms with Crippen LogP contribution in [0.2, 0.25) is 0 Å². The van der Waals surface area contributed by atoms with Gasteiger partial charge in [-0.1, -0.05) is 40.7 Å². The molecule has 3 rings (SSSR count). The number of carbonyl (C=O) groups is 3. The second kappa shape index (κ2) is 13.8. The van der Waals surface area contributed by atoms with E-state index in [-0.39, 0.29) is 29.9 Å². The van der Waals surface area contributed by atoms with Gasteiger partial charge in [0.05, 0.1) is 17.6 Å². The minimum Gasteiger partial charge on any atom is -0.387 e. The van der Waals surface area contributed by atoms with E-state index in [1.54, 1.807) is 30.6 Å². The highest BCUT2D eigenvalue weighted by Crippen LogP contribution is 2.29. The van der Waals surface area contributed by atoms with E-state index < -0.39 is 0 Å². The number of pyridine rings is 1. The van der Waals surface area contributed by atoms with E-state index in [2.05, 4.69) is 29.1 Å². The van der Waals surface area contributed by atoms with E-state index in [1.165, 1.54) is 0 Å². The SMILES string of the molecule is CCCN(CCC)C(=O)C1=Cc2ccc(C(=O)Nc3cncc(CCC(=O)[C@@H](C)C(C)C)c3)cc2N=C(N)C1. The van der Waals surface area contributed by atoms with Gasteiger partial charge in [0.1, 0.15) is 11.6 Å². The third-order valence-corrected chi connectivity index (χ3v) is 7.03. The van der Waals surface area contributed by atoms with Crippen LogP contribution in [0.1, 0.15) is 81.8 Å². The molecular formula is C31H41N5O3. The number of nitrogens with zero attached hydrogens (tertiary/aromatic N) is 3. The van der Waals surface area contributed by atoms with Gasteiger partial charge in [-0.3, -0.25) is 19.4 Å². The summed E-state index contributed by atoms with van der Waals surface area (Å²) >= 11 is 0. The lowest BCUT2D eigenvalue weighted by atomic mass is 9.90. The summed E-state index contributed by atoms with van der Waals surface area (Å²) in [6, 6.07) is 7.03. The van der Waals surface area contributed by atoms with Crippen molar-refractivity contribution in [3.05, 3.63) is 58.9 Å². The Morgan fingerprint density at radius 1 is 1.05 bits per heavy atom. The fourth-order valence-corrected chi connectivity index (χ4v) is 4.49. The van der Waals surface area contributed by atoms with Crippen LogP contribution in [0, 0.1) is 11.8 Å². The zero-order valence-electron chi connectivity index (χ0n) is 23.8. The van der Waals surface area contributed by atoms with Gasteiger partial charge in [0, 0.05) is 54.7 Å². The number of Topliss-reactive ketones (excluding diaryl/α,β-unsaturated/α-hetero) is 1. The molecule has 2 heterocycles. The van der Waals surface area contributed by atoms with Crippen molar-refractivity contribution in [3.8, 4) is 0 Å². The number of amides is 2. The standard InChI is InChI=1S/C31H41N5O3/c1-6-12-36(13-7-2)31(39)25-15-23-9-10-24(16-27(23)35-29(32)17-25)30(38)34-26-14-22(18-33-19-26)8-11-28(37)21(5)20(3)4/h9-10,14-16,18-21H,6-8,11-13,17H2,1-5H3,(H2,32,35)(H,34,38)/t21-/m0/s1. The van der Waals surface area contributed by atoms with Gasteiger partial charge in [0.25, 0.3) is 5.91 Å². The van der Waals surface area contributed by atoms with Crippen molar-refractivity contribution in [2.75, 3.05) is 18.4 Å². The zero-order valence-corrected chi connectivity index (χ0v) is 23.8. The Kier molecular flexibility index (Phi) is 10.5. The molecule has 1 atom stereocenters. The number of ketones is 1. The summed E-state index contributed by atoms with van der Waals surface area (Å²) in [5.74, 6) is 0.544. The van der Waals surface area contributed by atoms with Crippen molar-refractivity contribution in [1.82, 2.24) is 9.88 Å². The second-order valence-corrected chi connectivity index (χ2v) is 10.6. The van der Waals surface area contributed by atoms with Gasteiger partial charge >= 0.3 is 0 Å². The number of nitrogens with one attached hydrogen (secondary N) is 1. The van der Waals surface area contributed by atoms with E-state index in [0.29, 0.717) is 60.2 Å². The predicted molar refractivity (Wildman–Crippen MR) is 157 cm³/mol. The van der Waals surface area contributed by atoms with E-state index in [4.69, 9.17) is 5.73 Å². The number of anilines is 1. The first-order chi connectivity index (χ1) is 18.6. The summed E-state index contributed by atoms with van der Waals surface area (Å²) in [5, 5.41) is 2.89. The molecule has 0 radical (unpaired) electrons. The largest absolute Gasteiger partial charge is 0.387 e. The summed E-state index contributed by atoms with van der Waals surface area (Å²) in [4.78, 5) is 49.2. The maximum atomic E-state index is 13.2. The fraction of sp³-hybridized carbons (Fsp3) is 0.452. The lowest BCUT2D eigenvalue weighted by Crippen LogP contribution is -2.34. The van der Waals surface area contributed by atoms with Crippen LogP contribution in [-0.4, -0.2) is 46.4 Å². The number of aromatic nitrogens is 1. The van der Waals surface area contributed by atoms with Crippen LogP contribution in [0.4, 0.5) is 11.4 Å². The average Bonchev–Trinajstić information content (AvgIpc) is 3.08. The molecule has 1 aliphatic rings. The van der Waals surface area contributed by atoms with Gasteiger partial charge in [-0.25, -0.2) is 4.99 Å². The molecule has 0 unspecified atom stereocenters. The molecule has 8 nitrogen and oxygen atoms in total. The lowest BCUT2D eigenvalue weighted by molar-refractivity contribution is -0.127. The van der Waals surface area contributed by atoms with Crippen molar-refractivity contribution >= 4 is 40.9 Å². The molecule has 208 valence electrons. The highest BCUT2D eigenvalue weighted by Gasteiger charge is 2.22. The number of hydrogen-bond acceptors (Lipinski definition) is 6. The van der Waals surface area contributed by atoms with Gasteiger partial charge in [-0.15, -0.1) is 0 Å². The molecule has 1 aliphatic heterocycles. The fourth-order valence-electron chi connectivity index (χ4n) is 4.49. The van der Waals surface area contributed by atoms with E-state index in [9.17, 15) is 14.4 Å².